The summed E-state index contributed by atoms with van der Waals surface area (Å²) in [6, 6.07) is 6.23. The van der Waals surface area contributed by atoms with Crippen LogP contribution in [0.4, 0.5) is 0 Å². The molecule has 2 amide bonds. The Kier molecular flexibility index (Phi) is 6.56. The summed E-state index contributed by atoms with van der Waals surface area (Å²) >= 11 is 0. The van der Waals surface area contributed by atoms with E-state index in [9.17, 15) is 14.4 Å². The number of nitrogens with one attached hydrogen (secondary N) is 2. The molecule has 0 unspecified atom stereocenters. The Balaban J connectivity index is 2.03. The SMILES string of the molecule is CCCNC(=O)C1(NC(=O)Cc2ccc(C(=O)O)cc2)CCCCC1. The number of hydrogen-bond donors (Lipinski definition) is 3. The van der Waals surface area contributed by atoms with Crippen molar-refractivity contribution in [1.82, 2.24) is 10.6 Å². The minimum Gasteiger partial charge on any atom is -0.478 e. The number of carbonyl (C=O) groups is 3. The topological polar surface area (TPSA) is 95.5 Å². The summed E-state index contributed by atoms with van der Waals surface area (Å²) in [5.41, 5.74) is 0.0974. The van der Waals surface area contributed by atoms with E-state index in [0.717, 1.165) is 31.2 Å². The lowest BCUT2D eigenvalue weighted by molar-refractivity contribution is -0.134. The molecule has 1 aromatic carbocycles. The highest BCUT2D eigenvalue weighted by Gasteiger charge is 2.40. The molecule has 0 bridgehead atoms. The number of carboxylic acid groups (broad SMARTS) is 1. The van der Waals surface area contributed by atoms with Gasteiger partial charge in [0.1, 0.15) is 5.54 Å². The quantitative estimate of drug-likeness (QED) is 0.706. The van der Waals surface area contributed by atoms with Gasteiger partial charge < -0.3 is 15.7 Å². The normalized spacial score (nSPS) is 16.0. The molecule has 6 nitrogen and oxygen atoms in total. The Bertz CT molecular complexity index is 619. The smallest absolute Gasteiger partial charge is 0.335 e. The number of aromatic carboxylic acids is 1. The zero-order chi connectivity index (χ0) is 18.3. The minimum atomic E-state index is -0.996. The van der Waals surface area contributed by atoms with E-state index in [1.807, 2.05) is 6.92 Å². The average molecular weight is 346 g/mol. The van der Waals surface area contributed by atoms with Crippen LogP contribution in [0.2, 0.25) is 0 Å². The largest absolute Gasteiger partial charge is 0.478 e. The van der Waals surface area contributed by atoms with Gasteiger partial charge in [0.2, 0.25) is 11.8 Å². The first-order valence-corrected chi connectivity index (χ1v) is 8.88. The molecule has 25 heavy (non-hydrogen) atoms. The van der Waals surface area contributed by atoms with Gasteiger partial charge in [0.15, 0.2) is 0 Å². The van der Waals surface area contributed by atoms with Gasteiger partial charge in [-0.2, -0.15) is 0 Å². The predicted octanol–water partition coefficient (Wildman–Crippen LogP) is 2.27. The second-order valence-electron chi connectivity index (χ2n) is 6.63. The zero-order valence-corrected chi connectivity index (χ0v) is 14.6. The van der Waals surface area contributed by atoms with Crippen LogP contribution in [0, 0.1) is 0 Å². The molecule has 0 atom stereocenters. The fourth-order valence-electron chi connectivity index (χ4n) is 3.23. The Morgan fingerprint density at radius 3 is 2.28 bits per heavy atom. The van der Waals surface area contributed by atoms with Gasteiger partial charge in [0.25, 0.3) is 0 Å². The molecule has 1 saturated carbocycles. The molecular formula is C19H26N2O4. The highest BCUT2D eigenvalue weighted by atomic mass is 16.4. The molecule has 1 fully saturated rings. The van der Waals surface area contributed by atoms with E-state index in [1.165, 1.54) is 12.1 Å². The summed E-state index contributed by atoms with van der Waals surface area (Å²) in [7, 11) is 0. The molecule has 6 heteroatoms. The van der Waals surface area contributed by atoms with E-state index in [0.29, 0.717) is 19.4 Å². The van der Waals surface area contributed by atoms with Crippen LogP contribution >= 0.6 is 0 Å². The van der Waals surface area contributed by atoms with E-state index in [-0.39, 0.29) is 23.8 Å². The Morgan fingerprint density at radius 1 is 1.08 bits per heavy atom. The van der Waals surface area contributed by atoms with Crippen LogP contribution in [0.3, 0.4) is 0 Å². The lowest BCUT2D eigenvalue weighted by atomic mass is 9.80. The van der Waals surface area contributed by atoms with Gasteiger partial charge >= 0.3 is 5.97 Å². The summed E-state index contributed by atoms with van der Waals surface area (Å²) in [5, 5.41) is 14.8. The highest BCUT2D eigenvalue weighted by Crippen LogP contribution is 2.28. The van der Waals surface area contributed by atoms with Gasteiger partial charge in [-0.3, -0.25) is 9.59 Å². The van der Waals surface area contributed by atoms with Crippen LogP contribution in [0.15, 0.2) is 24.3 Å². The van der Waals surface area contributed by atoms with E-state index in [2.05, 4.69) is 10.6 Å². The molecule has 1 aliphatic rings. The zero-order valence-electron chi connectivity index (χ0n) is 14.6. The van der Waals surface area contributed by atoms with Crippen molar-refractivity contribution in [3.05, 3.63) is 35.4 Å². The molecule has 0 saturated heterocycles. The van der Waals surface area contributed by atoms with Gasteiger partial charge in [-0.1, -0.05) is 38.3 Å². The number of benzene rings is 1. The third kappa shape index (κ3) is 5.05. The molecule has 3 N–H and O–H groups in total. The summed E-state index contributed by atoms with van der Waals surface area (Å²) in [6.45, 7) is 2.60. The van der Waals surface area contributed by atoms with Crippen LogP contribution in [-0.2, 0) is 16.0 Å². The lowest BCUT2D eigenvalue weighted by Gasteiger charge is -2.36. The third-order valence-electron chi connectivity index (χ3n) is 4.62. The van der Waals surface area contributed by atoms with Crippen LogP contribution in [0.5, 0.6) is 0 Å². The second-order valence-corrected chi connectivity index (χ2v) is 6.63. The van der Waals surface area contributed by atoms with Crippen LogP contribution in [0.1, 0.15) is 61.4 Å². The maximum Gasteiger partial charge on any atom is 0.335 e. The number of amides is 2. The molecule has 136 valence electrons. The second kappa shape index (κ2) is 8.65. The molecule has 2 rings (SSSR count). The minimum absolute atomic E-state index is 0.0939. The summed E-state index contributed by atoms with van der Waals surface area (Å²) in [5.74, 6) is -1.30. The molecule has 0 aromatic heterocycles. The predicted molar refractivity (Wildman–Crippen MR) is 94.4 cm³/mol. The average Bonchev–Trinajstić information content (AvgIpc) is 2.60. The van der Waals surface area contributed by atoms with E-state index in [4.69, 9.17) is 5.11 Å². The van der Waals surface area contributed by atoms with Crippen molar-refractivity contribution in [2.75, 3.05) is 6.54 Å². The molecule has 1 aromatic rings. The maximum atomic E-state index is 12.6. The third-order valence-corrected chi connectivity index (χ3v) is 4.62. The highest BCUT2D eigenvalue weighted by molar-refractivity contribution is 5.92. The summed E-state index contributed by atoms with van der Waals surface area (Å²) in [6.07, 6.45) is 5.22. The first-order valence-electron chi connectivity index (χ1n) is 8.88. The number of hydrogen-bond acceptors (Lipinski definition) is 3. The van der Waals surface area contributed by atoms with Gasteiger partial charge in [-0.25, -0.2) is 4.79 Å². The van der Waals surface area contributed by atoms with E-state index < -0.39 is 11.5 Å². The van der Waals surface area contributed by atoms with Crippen molar-refractivity contribution in [2.24, 2.45) is 0 Å². The molecule has 0 radical (unpaired) electrons. The van der Waals surface area contributed by atoms with Crippen LogP contribution in [0.25, 0.3) is 0 Å². The van der Waals surface area contributed by atoms with E-state index >= 15 is 0 Å². The van der Waals surface area contributed by atoms with Gasteiger partial charge in [0.05, 0.1) is 12.0 Å². The lowest BCUT2D eigenvalue weighted by Crippen LogP contribution is -2.60. The molecular weight excluding hydrogens is 320 g/mol. The Morgan fingerprint density at radius 2 is 1.72 bits per heavy atom. The summed E-state index contributed by atoms with van der Waals surface area (Å²) in [4.78, 5) is 35.9. The number of rotatable bonds is 7. The van der Waals surface area contributed by atoms with Crippen molar-refractivity contribution in [2.45, 2.75) is 57.4 Å². The van der Waals surface area contributed by atoms with Crippen LogP contribution < -0.4 is 10.6 Å². The molecule has 0 spiro atoms. The first-order chi connectivity index (χ1) is 12.0. The van der Waals surface area contributed by atoms with Crippen molar-refractivity contribution in [1.29, 1.82) is 0 Å². The standard InChI is InChI=1S/C19H26N2O4/c1-2-12-20-18(25)19(10-4-3-5-11-19)21-16(22)13-14-6-8-15(9-7-14)17(23)24/h6-9H,2-5,10-13H2,1H3,(H,20,25)(H,21,22)(H,23,24). The van der Waals surface area contributed by atoms with Gasteiger partial charge in [0, 0.05) is 6.54 Å². The van der Waals surface area contributed by atoms with Crippen molar-refractivity contribution < 1.29 is 19.5 Å². The van der Waals surface area contributed by atoms with Gasteiger partial charge in [-0.05, 0) is 37.0 Å². The number of carbonyl (C=O) groups excluding carboxylic acids is 2. The van der Waals surface area contributed by atoms with Crippen LogP contribution in [-0.4, -0.2) is 35.0 Å². The van der Waals surface area contributed by atoms with Crippen molar-refractivity contribution in [3.8, 4) is 0 Å². The monoisotopic (exact) mass is 346 g/mol. The van der Waals surface area contributed by atoms with Crippen molar-refractivity contribution in [3.63, 3.8) is 0 Å². The fourth-order valence-corrected chi connectivity index (χ4v) is 3.23. The Labute approximate surface area is 148 Å². The van der Waals surface area contributed by atoms with E-state index in [1.54, 1.807) is 12.1 Å². The molecule has 1 aliphatic carbocycles. The molecule has 0 aliphatic heterocycles. The first kappa shape index (κ1) is 19.0. The molecule has 0 heterocycles. The number of carboxylic acids is 1. The van der Waals surface area contributed by atoms with Crippen molar-refractivity contribution >= 4 is 17.8 Å². The fraction of sp³-hybridized carbons (Fsp3) is 0.526. The Hall–Kier alpha value is -2.37. The van der Waals surface area contributed by atoms with Gasteiger partial charge in [-0.15, -0.1) is 0 Å². The summed E-state index contributed by atoms with van der Waals surface area (Å²) < 4.78 is 0. The maximum absolute atomic E-state index is 12.6.